The standard InChI is InChI=1S/C37H42N4O5S/c1-40-19-16-32(17-20-40)37(42)41(25-29-8-14-35-36(21-29)46-26-45-35)24-28-3-9-31(10-4-28)34-13-7-30(23-39-34)22-38-18-15-27-5-11-33(12-6-27)47(2,43)44/h3-14,21,23,32,38H,15-20,22,24-26H2,1-2H3. The van der Waals surface area contributed by atoms with Crippen molar-refractivity contribution in [2.45, 2.75) is 43.8 Å². The average molecular weight is 655 g/mol. The van der Waals surface area contributed by atoms with Crippen molar-refractivity contribution in [3.63, 3.8) is 0 Å². The first-order valence-corrected chi connectivity index (χ1v) is 18.0. The molecule has 47 heavy (non-hydrogen) atoms. The molecule has 1 amide bonds. The number of aromatic nitrogens is 1. The molecule has 0 aliphatic carbocycles. The number of benzene rings is 3. The Labute approximate surface area is 277 Å². The molecule has 1 aromatic heterocycles. The zero-order chi connectivity index (χ0) is 32.8. The minimum atomic E-state index is -3.18. The minimum Gasteiger partial charge on any atom is -0.454 e. The molecule has 1 fully saturated rings. The van der Waals surface area contributed by atoms with Crippen LogP contribution in [-0.4, -0.2) is 68.8 Å². The first kappa shape index (κ1) is 32.7. The second kappa shape index (κ2) is 14.7. The van der Waals surface area contributed by atoms with E-state index in [4.69, 9.17) is 14.5 Å². The number of carbonyl (C=O) groups is 1. The van der Waals surface area contributed by atoms with E-state index in [1.54, 1.807) is 12.1 Å². The predicted octanol–water partition coefficient (Wildman–Crippen LogP) is 5.08. The van der Waals surface area contributed by atoms with Crippen LogP contribution in [0.1, 0.15) is 35.1 Å². The van der Waals surface area contributed by atoms with Crippen LogP contribution < -0.4 is 14.8 Å². The number of ether oxygens (including phenoxy) is 2. The van der Waals surface area contributed by atoms with Crippen LogP contribution in [0.5, 0.6) is 11.5 Å². The van der Waals surface area contributed by atoms with Crippen molar-refractivity contribution in [3.8, 4) is 22.8 Å². The molecule has 0 atom stereocenters. The summed E-state index contributed by atoms with van der Waals surface area (Å²) in [6.45, 7) is 4.61. The van der Waals surface area contributed by atoms with Gasteiger partial charge in [0.2, 0.25) is 12.7 Å². The van der Waals surface area contributed by atoms with Gasteiger partial charge < -0.3 is 24.6 Å². The first-order valence-electron chi connectivity index (χ1n) is 16.1. The van der Waals surface area contributed by atoms with E-state index in [0.29, 0.717) is 24.5 Å². The lowest BCUT2D eigenvalue weighted by Crippen LogP contribution is -2.41. The second-order valence-corrected chi connectivity index (χ2v) is 14.6. The molecule has 2 aliphatic rings. The van der Waals surface area contributed by atoms with Gasteiger partial charge in [-0.15, -0.1) is 0 Å². The Morgan fingerprint density at radius 2 is 1.53 bits per heavy atom. The van der Waals surface area contributed by atoms with Crippen LogP contribution >= 0.6 is 0 Å². The summed E-state index contributed by atoms with van der Waals surface area (Å²) in [6.07, 6.45) is 5.68. The monoisotopic (exact) mass is 654 g/mol. The molecule has 246 valence electrons. The van der Waals surface area contributed by atoms with E-state index in [1.807, 2.05) is 47.5 Å². The highest BCUT2D eigenvalue weighted by atomic mass is 32.2. The van der Waals surface area contributed by atoms with Crippen molar-refractivity contribution in [1.82, 2.24) is 20.1 Å². The molecule has 1 N–H and O–H groups in total. The Morgan fingerprint density at radius 1 is 0.872 bits per heavy atom. The van der Waals surface area contributed by atoms with Crippen LogP contribution in [-0.2, 0) is 40.7 Å². The highest BCUT2D eigenvalue weighted by Crippen LogP contribution is 2.33. The maximum absolute atomic E-state index is 13.8. The normalized spacial score (nSPS) is 15.1. The molecule has 1 saturated heterocycles. The lowest BCUT2D eigenvalue weighted by molar-refractivity contribution is -0.138. The molecule has 9 nitrogen and oxygen atoms in total. The molecule has 10 heteroatoms. The molecule has 0 bridgehead atoms. The van der Waals surface area contributed by atoms with Gasteiger partial charge >= 0.3 is 0 Å². The van der Waals surface area contributed by atoms with Crippen LogP contribution in [0.2, 0.25) is 0 Å². The summed E-state index contributed by atoms with van der Waals surface area (Å²) in [5.74, 6) is 1.71. The zero-order valence-electron chi connectivity index (χ0n) is 27.0. The van der Waals surface area contributed by atoms with Crippen molar-refractivity contribution in [1.29, 1.82) is 0 Å². The van der Waals surface area contributed by atoms with Crippen molar-refractivity contribution in [2.24, 2.45) is 5.92 Å². The Bertz CT molecular complexity index is 1770. The van der Waals surface area contributed by atoms with Gasteiger partial charge in [-0.25, -0.2) is 8.42 Å². The minimum absolute atomic E-state index is 0.0326. The number of likely N-dealkylation sites (tertiary alicyclic amines) is 1. The average Bonchev–Trinajstić information content (AvgIpc) is 3.55. The number of carbonyl (C=O) groups excluding carboxylic acids is 1. The molecule has 4 aromatic rings. The Morgan fingerprint density at radius 3 is 2.23 bits per heavy atom. The first-order chi connectivity index (χ1) is 22.7. The van der Waals surface area contributed by atoms with E-state index in [0.717, 1.165) is 83.9 Å². The number of sulfone groups is 1. The number of nitrogens with one attached hydrogen (secondary N) is 1. The predicted molar refractivity (Wildman–Crippen MR) is 182 cm³/mol. The SMILES string of the molecule is CN1CCC(C(=O)N(Cc2ccc(-c3ccc(CNCCc4ccc(S(C)(=O)=O)cc4)cn3)cc2)Cc2ccc3c(c2)OCO3)CC1. The number of hydrogen-bond donors (Lipinski definition) is 1. The third-order valence-corrected chi connectivity index (χ3v) is 10.0. The van der Waals surface area contributed by atoms with Crippen molar-refractivity contribution >= 4 is 15.7 Å². The zero-order valence-corrected chi connectivity index (χ0v) is 27.8. The van der Waals surface area contributed by atoms with Crippen LogP contribution in [0.3, 0.4) is 0 Å². The highest BCUT2D eigenvalue weighted by molar-refractivity contribution is 7.90. The molecule has 3 aromatic carbocycles. The number of rotatable bonds is 12. The van der Waals surface area contributed by atoms with E-state index in [1.165, 1.54) is 6.26 Å². The van der Waals surface area contributed by atoms with E-state index in [2.05, 4.69) is 47.6 Å². The molecule has 6 rings (SSSR count). The maximum atomic E-state index is 13.8. The summed E-state index contributed by atoms with van der Waals surface area (Å²) in [5, 5.41) is 3.44. The van der Waals surface area contributed by atoms with Gasteiger partial charge in [0.25, 0.3) is 0 Å². The molecule has 0 unspecified atom stereocenters. The molecule has 2 aliphatic heterocycles. The van der Waals surface area contributed by atoms with E-state index in [-0.39, 0.29) is 18.6 Å². The summed E-state index contributed by atoms with van der Waals surface area (Å²) in [4.78, 5) is 23.1. The third kappa shape index (κ3) is 8.57. The van der Waals surface area contributed by atoms with Gasteiger partial charge in [0.05, 0.1) is 10.6 Å². The molecular formula is C37H42N4O5S. The highest BCUT2D eigenvalue weighted by Gasteiger charge is 2.28. The number of amides is 1. The van der Waals surface area contributed by atoms with Gasteiger partial charge in [-0.1, -0.05) is 48.5 Å². The Balaban J connectivity index is 1.05. The topological polar surface area (TPSA) is 101 Å². The van der Waals surface area contributed by atoms with E-state index >= 15 is 0 Å². The Hall–Kier alpha value is -4.25. The summed E-state index contributed by atoms with van der Waals surface area (Å²) in [5.41, 5.74) is 6.19. The molecule has 0 radical (unpaired) electrons. The lowest BCUT2D eigenvalue weighted by atomic mass is 9.95. The van der Waals surface area contributed by atoms with Crippen LogP contribution in [0.25, 0.3) is 11.3 Å². The fourth-order valence-corrected chi connectivity index (χ4v) is 6.69. The second-order valence-electron chi connectivity index (χ2n) is 12.6. The summed E-state index contributed by atoms with van der Waals surface area (Å²) < 4.78 is 34.4. The van der Waals surface area contributed by atoms with E-state index < -0.39 is 9.84 Å². The number of fused-ring (bicyclic) bond motifs is 1. The summed E-state index contributed by atoms with van der Waals surface area (Å²) in [7, 11) is -1.07. The summed E-state index contributed by atoms with van der Waals surface area (Å²) >= 11 is 0. The fraction of sp³-hybridized carbons (Fsp3) is 0.351. The Kier molecular flexibility index (Phi) is 10.2. The van der Waals surface area contributed by atoms with Gasteiger partial charge in [-0.05, 0) is 98.5 Å². The van der Waals surface area contributed by atoms with Gasteiger partial charge in [0.1, 0.15) is 0 Å². The largest absolute Gasteiger partial charge is 0.454 e. The quantitative estimate of drug-likeness (QED) is 0.211. The number of pyridine rings is 1. The number of nitrogens with zero attached hydrogens (tertiary/aromatic N) is 3. The van der Waals surface area contributed by atoms with Crippen LogP contribution in [0, 0.1) is 5.92 Å². The molecule has 3 heterocycles. The van der Waals surface area contributed by atoms with Crippen molar-refractivity contribution in [3.05, 3.63) is 107 Å². The number of hydrogen-bond acceptors (Lipinski definition) is 8. The van der Waals surface area contributed by atoms with Gasteiger partial charge in [-0.3, -0.25) is 9.78 Å². The van der Waals surface area contributed by atoms with Gasteiger partial charge in [0, 0.05) is 43.6 Å². The third-order valence-electron chi connectivity index (χ3n) is 8.91. The van der Waals surface area contributed by atoms with Gasteiger partial charge in [-0.2, -0.15) is 0 Å². The van der Waals surface area contributed by atoms with Gasteiger partial charge in [0.15, 0.2) is 21.3 Å². The fourth-order valence-electron chi connectivity index (χ4n) is 6.06. The van der Waals surface area contributed by atoms with E-state index in [9.17, 15) is 13.2 Å². The van der Waals surface area contributed by atoms with Crippen LogP contribution in [0.4, 0.5) is 0 Å². The number of piperidine rings is 1. The summed E-state index contributed by atoms with van der Waals surface area (Å²) in [6, 6.07) is 25.4. The molecule has 0 saturated carbocycles. The van der Waals surface area contributed by atoms with Crippen molar-refractivity contribution < 1.29 is 22.7 Å². The smallest absolute Gasteiger partial charge is 0.231 e. The maximum Gasteiger partial charge on any atom is 0.231 e. The van der Waals surface area contributed by atoms with Crippen molar-refractivity contribution in [2.75, 3.05) is 39.7 Å². The lowest BCUT2D eigenvalue weighted by Gasteiger charge is -2.32. The molecule has 0 spiro atoms. The van der Waals surface area contributed by atoms with Crippen LogP contribution in [0.15, 0.2) is 90.0 Å². The molecular weight excluding hydrogens is 612 g/mol.